The first kappa shape index (κ1) is 18.3. The van der Waals surface area contributed by atoms with Gasteiger partial charge in [0.25, 0.3) is 0 Å². The number of rotatable bonds is 9. The van der Waals surface area contributed by atoms with Crippen LogP contribution in [0.3, 0.4) is 0 Å². The van der Waals surface area contributed by atoms with Crippen LogP contribution >= 0.6 is 0 Å². The second-order valence-corrected chi connectivity index (χ2v) is 7.47. The lowest BCUT2D eigenvalue weighted by Gasteiger charge is -2.17. The molecule has 0 fully saturated rings. The second-order valence-electron chi connectivity index (χ2n) is 5.10. The van der Waals surface area contributed by atoms with Crippen LogP contribution in [-0.4, -0.2) is 50.6 Å². The van der Waals surface area contributed by atoms with E-state index in [-0.39, 0.29) is 11.7 Å². The molecule has 0 aromatic rings. The fraction of sp³-hybridized carbons (Fsp3) is 0.917. The summed E-state index contributed by atoms with van der Waals surface area (Å²) >= 11 is 0. The Bertz CT molecular complexity index is 368. The van der Waals surface area contributed by atoms with Crippen molar-refractivity contribution < 1.29 is 13.2 Å². The summed E-state index contributed by atoms with van der Waals surface area (Å²) in [6, 6.07) is -0.489. The van der Waals surface area contributed by atoms with Crippen molar-refractivity contribution in [2.24, 2.45) is 11.7 Å². The molecular weight excluding hydrogens is 266 g/mol. The highest BCUT2D eigenvalue weighted by Gasteiger charge is 2.16. The van der Waals surface area contributed by atoms with Crippen LogP contribution in [0.5, 0.6) is 0 Å². The van der Waals surface area contributed by atoms with Gasteiger partial charge in [0, 0.05) is 20.1 Å². The van der Waals surface area contributed by atoms with Gasteiger partial charge in [0.15, 0.2) is 0 Å². The Balaban J connectivity index is 3.90. The van der Waals surface area contributed by atoms with Crippen LogP contribution in [0, 0.1) is 5.92 Å². The van der Waals surface area contributed by atoms with Crippen LogP contribution in [0.25, 0.3) is 0 Å². The molecule has 0 spiro atoms. The average molecular weight is 293 g/mol. The number of amides is 1. The third kappa shape index (κ3) is 7.49. The molecule has 0 aliphatic carbocycles. The number of nitrogens with zero attached hydrogens (tertiary/aromatic N) is 1. The van der Waals surface area contributed by atoms with Crippen LogP contribution in [0.4, 0.5) is 0 Å². The highest BCUT2D eigenvalue weighted by Crippen LogP contribution is 2.02. The summed E-state index contributed by atoms with van der Waals surface area (Å²) in [5, 5.41) is 2.73. The molecule has 1 atom stereocenters. The first-order valence-corrected chi connectivity index (χ1v) is 8.29. The molecule has 0 saturated carbocycles. The zero-order valence-corrected chi connectivity index (χ0v) is 13.2. The smallest absolute Gasteiger partial charge is 0.236 e. The molecule has 0 aliphatic rings. The molecule has 0 bridgehead atoms. The molecule has 114 valence electrons. The molecule has 0 heterocycles. The average Bonchev–Trinajstić information content (AvgIpc) is 2.32. The molecule has 7 heteroatoms. The molecule has 0 aromatic carbocycles. The van der Waals surface area contributed by atoms with Gasteiger partial charge in [0.1, 0.15) is 0 Å². The van der Waals surface area contributed by atoms with Crippen molar-refractivity contribution >= 4 is 15.9 Å². The van der Waals surface area contributed by atoms with Crippen LogP contribution in [0.15, 0.2) is 0 Å². The number of hydrogen-bond donors (Lipinski definition) is 2. The van der Waals surface area contributed by atoms with Crippen molar-refractivity contribution in [1.29, 1.82) is 0 Å². The van der Waals surface area contributed by atoms with Gasteiger partial charge < -0.3 is 11.1 Å². The van der Waals surface area contributed by atoms with E-state index in [1.807, 2.05) is 13.8 Å². The minimum absolute atomic E-state index is 0.0924. The summed E-state index contributed by atoms with van der Waals surface area (Å²) in [5.74, 6) is 0.297. The maximum Gasteiger partial charge on any atom is 0.236 e. The summed E-state index contributed by atoms with van der Waals surface area (Å²) in [6.45, 7) is 6.47. The largest absolute Gasteiger partial charge is 0.355 e. The molecule has 0 aromatic heterocycles. The van der Waals surface area contributed by atoms with E-state index >= 15 is 0 Å². The Kier molecular flexibility index (Phi) is 8.20. The minimum atomic E-state index is -3.14. The lowest BCUT2D eigenvalue weighted by molar-refractivity contribution is -0.122. The Hall–Kier alpha value is -0.660. The van der Waals surface area contributed by atoms with Gasteiger partial charge in [0.2, 0.25) is 15.9 Å². The topological polar surface area (TPSA) is 92.5 Å². The first-order chi connectivity index (χ1) is 8.70. The summed E-state index contributed by atoms with van der Waals surface area (Å²) < 4.78 is 24.3. The van der Waals surface area contributed by atoms with Gasteiger partial charge >= 0.3 is 0 Å². The van der Waals surface area contributed by atoms with Crippen LogP contribution in [0.1, 0.15) is 33.6 Å². The van der Waals surface area contributed by atoms with E-state index in [9.17, 15) is 13.2 Å². The van der Waals surface area contributed by atoms with Crippen molar-refractivity contribution in [1.82, 2.24) is 9.62 Å². The second kappa shape index (κ2) is 8.50. The number of hydrogen-bond acceptors (Lipinski definition) is 4. The summed E-state index contributed by atoms with van der Waals surface area (Å²) in [6.07, 6.45) is 1.23. The highest BCUT2D eigenvalue weighted by atomic mass is 32.2. The molecule has 0 rings (SSSR count). The predicted octanol–water partition coefficient (Wildman–Crippen LogP) is 0.148. The highest BCUT2D eigenvalue weighted by molar-refractivity contribution is 7.89. The van der Waals surface area contributed by atoms with Gasteiger partial charge in [0.05, 0.1) is 11.8 Å². The van der Waals surface area contributed by atoms with Crippen LogP contribution in [-0.2, 0) is 14.8 Å². The van der Waals surface area contributed by atoms with Gasteiger partial charge in [-0.3, -0.25) is 4.79 Å². The monoisotopic (exact) mass is 293 g/mol. The zero-order valence-electron chi connectivity index (χ0n) is 12.3. The van der Waals surface area contributed by atoms with Crippen molar-refractivity contribution in [3.05, 3.63) is 0 Å². The van der Waals surface area contributed by atoms with E-state index in [4.69, 9.17) is 5.73 Å². The molecule has 6 nitrogen and oxygen atoms in total. The predicted molar refractivity (Wildman–Crippen MR) is 77.1 cm³/mol. The quantitative estimate of drug-likeness (QED) is 0.592. The molecule has 0 unspecified atom stereocenters. The molecule has 0 saturated heterocycles. The van der Waals surface area contributed by atoms with E-state index in [1.54, 1.807) is 14.0 Å². The molecule has 0 aliphatic heterocycles. The maximum absolute atomic E-state index is 11.6. The summed E-state index contributed by atoms with van der Waals surface area (Å²) in [7, 11) is -1.59. The lowest BCUT2D eigenvalue weighted by atomic mass is 10.0. The fourth-order valence-corrected chi connectivity index (χ4v) is 2.47. The lowest BCUT2D eigenvalue weighted by Crippen LogP contribution is -2.42. The third-order valence-corrected chi connectivity index (χ3v) is 4.71. The van der Waals surface area contributed by atoms with Gasteiger partial charge in [-0.15, -0.1) is 0 Å². The van der Waals surface area contributed by atoms with Crippen molar-refractivity contribution in [3.63, 3.8) is 0 Å². The van der Waals surface area contributed by atoms with E-state index in [1.165, 1.54) is 4.31 Å². The Morgan fingerprint density at radius 3 is 2.42 bits per heavy atom. The van der Waals surface area contributed by atoms with Gasteiger partial charge in [-0.25, -0.2) is 12.7 Å². The van der Waals surface area contributed by atoms with Crippen molar-refractivity contribution in [2.45, 2.75) is 39.7 Å². The number of carbonyl (C=O) groups excluding carboxylic acids is 1. The van der Waals surface area contributed by atoms with Gasteiger partial charge in [-0.05, 0) is 25.7 Å². The molecule has 1 amide bonds. The third-order valence-electron chi connectivity index (χ3n) is 2.85. The van der Waals surface area contributed by atoms with Gasteiger partial charge in [-0.2, -0.15) is 0 Å². The van der Waals surface area contributed by atoms with Crippen LogP contribution in [0.2, 0.25) is 0 Å². The summed E-state index contributed by atoms with van der Waals surface area (Å²) in [4.78, 5) is 11.6. The Labute approximate surface area is 116 Å². The molecule has 19 heavy (non-hydrogen) atoms. The van der Waals surface area contributed by atoms with Gasteiger partial charge in [-0.1, -0.05) is 13.8 Å². The number of nitrogens with one attached hydrogen (secondary N) is 1. The minimum Gasteiger partial charge on any atom is -0.355 e. The number of nitrogens with two attached hydrogens (primary N) is 1. The number of sulfonamides is 1. The number of carbonyl (C=O) groups is 1. The SMILES string of the molecule is CCS(=O)(=O)N(C)CCCNC(=O)[C@@H](N)CC(C)C. The first-order valence-electron chi connectivity index (χ1n) is 6.68. The van der Waals surface area contributed by atoms with E-state index in [2.05, 4.69) is 5.32 Å². The normalized spacial score (nSPS) is 13.8. The zero-order chi connectivity index (χ0) is 15.1. The van der Waals surface area contributed by atoms with E-state index < -0.39 is 16.1 Å². The van der Waals surface area contributed by atoms with Crippen molar-refractivity contribution in [2.75, 3.05) is 25.9 Å². The molecular formula is C12H27N3O3S. The Morgan fingerprint density at radius 1 is 1.37 bits per heavy atom. The maximum atomic E-state index is 11.6. The fourth-order valence-electron chi connectivity index (χ4n) is 1.62. The van der Waals surface area contributed by atoms with E-state index in [0.29, 0.717) is 31.8 Å². The van der Waals surface area contributed by atoms with Crippen molar-refractivity contribution in [3.8, 4) is 0 Å². The Morgan fingerprint density at radius 2 is 1.95 bits per heavy atom. The standard InChI is InChI=1S/C12H27N3O3S/c1-5-19(17,18)15(4)8-6-7-14-12(16)11(13)9-10(2)3/h10-11H,5-9,13H2,1-4H3,(H,14,16)/t11-/m0/s1. The van der Waals surface area contributed by atoms with Crippen LogP contribution < -0.4 is 11.1 Å². The summed E-state index contributed by atoms with van der Waals surface area (Å²) in [5.41, 5.74) is 5.73. The van der Waals surface area contributed by atoms with E-state index in [0.717, 1.165) is 0 Å². The molecule has 0 radical (unpaired) electrons. The molecule has 3 N–H and O–H groups in total.